The molecule has 0 saturated heterocycles. The van der Waals surface area contributed by atoms with Crippen LogP contribution < -0.4 is 0 Å². The number of pyridine rings is 1. The lowest BCUT2D eigenvalue weighted by molar-refractivity contribution is -0.144. The highest BCUT2D eigenvalue weighted by Gasteiger charge is 2.28. The number of carbonyl (C=O) groups excluding carboxylic acids is 1. The highest BCUT2D eigenvalue weighted by atomic mass is 35.5. The van der Waals surface area contributed by atoms with E-state index in [4.69, 9.17) is 11.6 Å². The molecule has 1 heterocycles. The third-order valence-electron chi connectivity index (χ3n) is 3.53. The maximum Gasteiger partial charge on any atom is 0.309 e. The second-order valence-corrected chi connectivity index (χ2v) is 7.72. The van der Waals surface area contributed by atoms with Gasteiger partial charge in [-0.15, -0.1) is 0 Å². The van der Waals surface area contributed by atoms with Crippen LogP contribution in [0.15, 0.2) is 29.2 Å². The van der Waals surface area contributed by atoms with Crippen LogP contribution in [0.2, 0.25) is 5.15 Å². The number of aromatic nitrogens is 1. The van der Waals surface area contributed by atoms with E-state index in [0.29, 0.717) is 5.39 Å². The molecule has 0 aliphatic heterocycles. The van der Waals surface area contributed by atoms with Crippen molar-refractivity contribution >= 4 is 38.5 Å². The van der Waals surface area contributed by atoms with E-state index < -0.39 is 32.6 Å². The Labute approximate surface area is 144 Å². The van der Waals surface area contributed by atoms with E-state index in [9.17, 15) is 17.6 Å². The molecule has 2 rings (SSSR count). The first-order valence-electron chi connectivity index (χ1n) is 6.96. The first-order chi connectivity index (χ1) is 11.2. The number of hydrogen-bond donors (Lipinski definition) is 0. The van der Waals surface area contributed by atoms with Gasteiger partial charge < -0.3 is 4.74 Å². The van der Waals surface area contributed by atoms with Crippen molar-refractivity contribution in [3.8, 4) is 0 Å². The molecule has 0 radical (unpaired) electrons. The Morgan fingerprint density at radius 3 is 2.71 bits per heavy atom. The lowest BCUT2D eigenvalue weighted by Gasteiger charge is -2.20. The highest BCUT2D eigenvalue weighted by molar-refractivity contribution is 7.89. The number of fused-ring (bicyclic) bond motifs is 1. The van der Waals surface area contributed by atoms with Crippen molar-refractivity contribution in [3.05, 3.63) is 35.2 Å². The van der Waals surface area contributed by atoms with Crippen LogP contribution in [-0.4, -0.2) is 44.4 Å². The number of esters is 1. The van der Waals surface area contributed by atoms with E-state index in [2.05, 4.69) is 9.72 Å². The zero-order valence-corrected chi connectivity index (χ0v) is 14.9. The second kappa shape index (κ2) is 7.00. The van der Waals surface area contributed by atoms with Crippen molar-refractivity contribution in [1.29, 1.82) is 0 Å². The summed E-state index contributed by atoms with van der Waals surface area (Å²) in [5.41, 5.74) is 0.254. The Bertz CT molecular complexity index is 888. The van der Waals surface area contributed by atoms with Gasteiger partial charge in [-0.1, -0.05) is 18.5 Å². The summed E-state index contributed by atoms with van der Waals surface area (Å²) in [6.45, 7) is 1.39. The van der Waals surface area contributed by atoms with Crippen molar-refractivity contribution < 1.29 is 22.3 Å². The van der Waals surface area contributed by atoms with Crippen LogP contribution in [0.25, 0.3) is 10.9 Å². The van der Waals surface area contributed by atoms with Crippen molar-refractivity contribution in [2.24, 2.45) is 5.92 Å². The number of ether oxygens (including phenoxy) is 1. The van der Waals surface area contributed by atoms with Crippen LogP contribution >= 0.6 is 11.6 Å². The molecule has 0 fully saturated rings. The fourth-order valence-corrected chi connectivity index (χ4v) is 3.72. The van der Waals surface area contributed by atoms with Crippen LogP contribution in [0, 0.1) is 11.7 Å². The van der Waals surface area contributed by atoms with Crippen LogP contribution in [0.1, 0.15) is 6.92 Å². The average molecular weight is 375 g/mol. The van der Waals surface area contributed by atoms with Gasteiger partial charge in [-0.2, -0.15) is 4.31 Å². The van der Waals surface area contributed by atoms with E-state index in [-0.39, 0.29) is 17.2 Å². The smallest absolute Gasteiger partial charge is 0.309 e. The van der Waals surface area contributed by atoms with Gasteiger partial charge in [-0.25, -0.2) is 17.8 Å². The Kier molecular flexibility index (Phi) is 5.42. The van der Waals surface area contributed by atoms with Crippen LogP contribution in [0.3, 0.4) is 0 Å². The van der Waals surface area contributed by atoms with Crippen LogP contribution in [0.5, 0.6) is 0 Å². The van der Waals surface area contributed by atoms with Gasteiger partial charge >= 0.3 is 5.97 Å². The molecule has 0 bridgehead atoms. The number of benzene rings is 1. The summed E-state index contributed by atoms with van der Waals surface area (Å²) < 4.78 is 45.0. The van der Waals surface area contributed by atoms with Crippen molar-refractivity contribution in [1.82, 2.24) is 9.29 Å². The van der Waals surface area contributed by atoms with E-state index in [1.807, 2.05) is 0 Å². The molecule has 1 aromatic heterocycles. The van der Waals surface area contributed by atoms with Gasteiger partial charge in [0.05, 0.1) is 18.5 Å². The van der Waals surface area contributed by atoms with Gasteiger partial charge in [-0.3, -0.25) is 4.79 Å². The monoisotopic (exact) mass is 374 g/mol. The van der Waals surface area contributed by atoms with Gasteiger partial charge in [0.15, 0.2) is 0 Å². The Morgan fingerprint density at radius 2 is 2.08 bits per heavy atom. The van der Waals surface area contributed by atoms with Crippen molar-refractivity contribution in [2.75, 3.05) is 20.7 Å². The van der Waals surface area contributed by atoms with Crippen molar-refractivity contribution in [2.45, 2.75) is 11.8 Å². The number of sulfonamides is 1. The average Bonchev–Trinajstić information content (AvgIpc) is 2.52. The Balaban J connectivity index is 2.41. The molecule has 130 valence electrons. The van der Waals surface area contributed by atoms with Gasteiger partial charge in [-0.05, 0) is 18.2 Å². The third-order valence-corrected chi connectivity index (χ3v) is 5.58. The molecule has 1 atom stereocenters. The zero-order chi connectivity index (χ0) is 18.1. The lowest BCUT2D eigenvalue weighted by Crippen LogP contribution is -2.34. The van der Waals surface area contributed by atoms with E-state index in [1.165, 1.54) is 33.2 Å². The maximum atomic E-state index is 14.3. The molecule has 6 nitrogen and oxygen atoms in total. The van der Waals surface area contributed by atoms with Crippen LogP contribution in [0.4, 0.5) is 4.39 Å². The van der Waals surface area contributed by atoms with Gasteiger partial charge in [0.1, 0.15) is 15.9 Å². The molecular formula is C15H16ClFN2O4S. The molecule has 24 heavy (non-hydrogen) atoms. The summed E-state index contributed by atoms with van der Waals surface area (Å²) >= 11 is 5.75. The minimum Gasteiger partial charge on any atom is -0.469 e. The molecule has 1 aromatic carbocycles. The second-order valence-electron chi connectivity index (χ2n) is 5.32. The minimum atomic E-state index is -4.12. The minimum absolute atomic E-state index is 0.134. The molecule has 0 spiro atoms. The van der Waals surface area contributed by atoms with E-state index >= 15 is 0 Å². The molecule has 0 aliphatic rings. The fourth-order valence-electron chi connectivity index (χ4n) is 2.22. The molecule has 0 unspecified atom stereocenters. The number of carbonyl (C=O) groups is 1. The topological polar surface area (TPSA) is 76.6 Å². The first kappa shape index (κ1) is 18.6. The first-order valence-corrected chi connectivity index (χ1v) is 8.78. The lowest BCUT2D eigenvalue weighted by atomic mass is 10.2. The van der Waals surface area contributed by atoms with Crippen molar-refractivity contribution in [3.63, 3.8) is 0 Å². The molecule has 0 N–H and O–H groups in total. The third kappa shape index (κ3) is 3.66. The number of halogens is 2. The number of hydrogen-bond acceptors (Lipinski definition) is 5. The SMILES string of the molecule is COC(=O)[C@@H](C)CN(C)S(=O)(=O)c1cc2ccc(Cl)nc2cc1F. The predicted molar refractivity (Wildman–Crippen MR) is 87.7 cm³/mol. The Hall–Kier alpha value is -1.77. The summed E-state index contributed by atoms with van der Waals surface area (Å²) in [7, 11) is -1.63. The predicted octanol–water partition coefficient (Wildman–Crippen LogP) is 2.46. The van der Waals surface area contributed by atoms with E-state index in [1.54, 1.807) is 6.07 Å². The molecule has 2 aromatic rings. The fraction of sp³-hybridized carbons (Fsp3) is 0.333. The number of methoxy groups -OCH3 is 1. The summed E-state index contributed by atoms with van der Waals surface area (Å²) in [6.07, 6.45) is 0. The summed E-state index contributed by atoms with van der Waals surface area (Å²) in [6, 6.07) is 5.26. The zero-order valence-electron chi connectivity index (χ0n) is 13.3. The summed E-state index contributed by atoms with van der Waals surface area (Å²) in [5, 5.41) is 0.621. The molecule has 9 heteroatoms. The van der Waals surface area contributed by atoms with E-state index in [0.717, 1.165) is 10.4 Å². The normalized spacial score (nSPS) is 13.2. The Morgan fingerprint density at radius 1 is 1.42 bits per heavy atom. The molecule has 0 aliphatic carbocycles. The van der Waals surface area contributed by atoms with Crippen LogP contribution in [-0.2, 0) is 19.6 Å². The maximum absolute atomic E-state index is 14.3. The number of rotatable bonds is 5. The standard InChI is InChI=1S/C15H16ClFN2O4S/c1-9(15(20)23-3)8-19(2)24(21,22)13-6-10-4-5-14(16)18-12(10)7-11(13)17/h4-7,9H,8H2,1-3H3/t9-/m0/s1. The van der Waals surface area contributed by atoms with Gasteiger partial charge in [0, 0.05) is 25.0 Å². The number of nitrogens with zero attached hydrogens (tertiary/aromatic N) is 2. The molecule has 0 saturated carbocycles. The largest absolute Gasteiger partial charge is 0.469 e. The highest BCUT2D eigenvalue weighted by Crippen LogP contribution is 2.25. The van der Waals surface area contributed by atoms with Gasteiger partial charge in [0.2, 0.25) is 10.0 Å². The molecule has 0 amide bonds. The quantitative estimate of drug-likeness (QED) is 0.593. The van der Waals surface area contributed by atoms with Gasteiger partial charge in [0.25, 0.3) is 0 Å². The summed E-state index contributed by atoms with van der Waals surface area (Å²) in [4.78, 5) is 14.9. The summed E-state index contributed by atoms with van der Waals surface area (Å²) in [5.74, 6) is -2.16. The molecular weight excluding hydrogens is 359 g/mol.